The molecule has 0 spiro atoms. The van der Waals surface area contributed by atoms with Gasteiger partial charge in [0.15, 0.2) is 0 Å². The van der Waals surface area contributed by atoms with Crippen LogP contribution >= 0.6 is 0 Å². The number of nitrogens with zero attached hydrogens (tertiary/aromatic N) is 4. The number of hydrogen-bond donors (Lipinski definition) is 10. The summed E-state index contributed by atoms with van der Waals surface area (Å²) in [6, 6.07) is 7.14. The van der Waals surface area contributed by atoms with E-state index in [1.165, 1.54) is 26.2 Å². The van der Waals surface area contributed by atoms with Crippen molar-refractivity contribution in [3.05, 3.63) is 77.9 Å². The molecular weight excluding hydrogens is 1300 g/mol. The summed E-state index contributed by atoms with van der Waals surface area (Å²) in [5.74, 6) is -7.32. The fraction of sp³-hybridized carbons (Fsp3) is 0.639. The lowest BCUT2D eigenvalue weighted by Crippen LogP contribution is -2.60. The molecule has 12 N–H and O–H groups in total. The van der Waals surface area contributed by atoms with Crippen LogP contribution in [-0.2, 0) is 68.8 Å². The molecule has 29 nitrogen and oxygen atoms in total. The summed E-state index contributed by atoms with van der Waals surface area (Å²) in [5, 5.41) is 30.3. The Morgan fingerprint density at radius 2 is 1.32 bits per heavy atom. The average Bonchev–Trinajstić information content (AvgIpc) is 1.79. The van der Waals surface area contributed by atoms with Crippen LogP contribution < -0.4 is 48.7 Å². The number of aliphatic hydroxyl groups is 1. The number of primary amides is 1. The number of imide groups is 1. The van der Waals surface area contributed by atoms with Gasteiger partial charge in [-0.1, -0.05) is 111 Å². The molecule has 2 aromatic carbocycles. The highest BCUT2D eigenvalue weighted by Crippen LogP contribution is 2.31. The molecule has 13 amide bonds. The van der Waals surface area contributed by atoms with Crippen molar-refractivity contribution in [3.63, 3.8) is 0 Å². The minimum Gasteiger partial charge on any atom is -0.445 e. The highest BCUT2D eigenvalue weighted by Gasteiger charge is 2.44. The molecule has 0 aromatic heterocycles. The molecule has 0 bridgehead atoms. The summed E-state index contributed by atoms with van der Waals surface area (Å²) in [6.07, 6.45) is 1.90. The summed E-state index contributed by atoms with van der Waals surface area (Å²) in [7, 11) is 6.05. The number of carbonyl (C=O) groups excluding carboxylic acids is 12. The molecule has 0 aliphatic carbocycles. The smallest absolute Gasteiger partial charge is 0.410 e. The van der Waals surface area contributed by atoms with Gasteiger partial charge in [0.1, 0.15) is 36.8 Å². The Labute approximate surface area is 594 Å². The minimum atomic E-state index is -1.21. The number of nitrogens with two attached hydrogens (primary N) is 2. The second kappa shape index (κ2) is 42.0. The molecule has 1 saturated heterocycles. The highest BCUT2D eigenvalue weighted by molar-refractivity contribution is 6.13. The molecule has 0 unspecified atom stereocenters. The molecule has 2 aliphatic rings. The summed E-state index contributed by atoms with van der Waals surface area (Å²) in [6.45, 7) is 18.5. The second-order valence-electron chi connectivity index (χ2n) is 27.5. The van der Waals surface area contributed by atoms with Gasteiger partial charge in [-0.05, 0) is 112 Å². The van der Waals surface area contributed by atoms with E-state index in [1.807, 2.05) is 45.9 Å². The van der Waals surface area contributed by atoms with Gasteiger partial charge in [-0.2, -0.15) is 0 Å². The Hall–Kier alpha value is -8.54. The fourth-order valence-corrected chi connectivity index (χ4v) is 12.8. The molecule has 29 heteroatoms. The van der Waals surface area contributed by atoms with Crippen LogP contribution in [0, 0.1) is 29.6 Å². The Balaban J connectivity index is 1.42. The summed E-state index contributed by atoms with van der Waals surface area (Å²) in [5.41, 5.74) is 12.4. The SMILES string of the molecule is CC[C@H](C)[C@@H]([C@@H](CC(=O)N1CCC[C@H]1[C@H](OC)[C@@H](C)C(=O)N[C@H](C)[C@@H](O)c1ccccc1)OC)N(C)C(=O)[C@@H](NC(=O)[C@H](C(C)C)N(C)C(=O)OCc1ccc(NC(=O)[C@H](CCCNC(N)=O)NC(=O)[C@H](CC(C)C)NC(=O)[C@H](CCCCN)NC(=O)CCN2C(=O)C=CC2=O)cc1)C(C)C. The van der Waals surface area contributed by atoms with E-state index < -0.39 is 144 Å². The van der Waals surface area contributed by atoms with Crippen LogP contribution in [0.4, 0.5) is 15.3 Å². The number of methoxy groups -OCH3 is 2. The predicted molar refractivity (Wildman–Crippen MR) is 379 cm³/mol. The first-order valence-corrected chi connectivity index (χ1v) is 35.2. The van der Waals surface area contributed by atoms with E-state index in [-0.39, 0.29) is 81.9 Å². The van der Waals surface area contributed by atoms with Gasteiger partial charge in [0.25, 0.3) is 11.8 Å². The van der Waals surface area contributed by atoms with E-state index in [0.29, 0.717) is 62.0 Å². The van der Waals surface area contributed by atoms with E-state index in [4.69, 9.17) is 25.7 Å². The van der Waals surface area contributed by atoms with Gasteiger partial charge >= 0.3 is 12.1 Å². The largest absolute Gasteiger partial charge is 0.445 e. The predicted octanol–water partition coefficient (Wildman–Crippen LogP) is 3.91. The molecule has 2 aliphatic heterocycles. The topological polar surface area (TPSA) is 402 Å². The van der Waals surface area contributed by atoms with Crippen LogP contribution in [0.3, 0.4) is 0 Å². The maximum absolute atomic E-state index is 14.9. The molecular formula is C72H113N13O16. The van der Waals surface area contributed by atoms with E-state index >= 15 is 0 Å². The van der Waals surface area contributed by atoms with Crippen molar-refractivity contribution in [2.45, 2.75) is 213 Å². The van der Waals surface area contributed by atoms with Gasteiger partial charge in [-0.15, -0.1) is 0 Å². The number of likely N-dealkylation sites (tertiary alicyclic amines) is 1. The third-order valence-corrected chi connectivity index (χ3v) is 18.7. The Bertz CT molecular complexity index is 3100. The number of amides is 13. The zero-order chi connectivity index (χ0) is 75.4. The maximum atomic E-state index is 14.9. The lowest BCUT2D eigenvalue weighted by molar-refractivity contribution is -0.148. The lowest BCUT2D eigenvalue weighted by Gasteiger charge is -2.41. The monoisotopic (exact) mass is 1420 g/mol. The molecule has 562 valence electrons. The zero-order valence-electron chi connectivity index (χ0n) is 61.4. The van der Waals surface area contributed by atoms with Crippen LogP contribution in [0.1, 0.15) is 157 Å². The maximum Gasteiger partial charge on any atom is 0.410 e. The van der Waals surface area contributed by atoms with Crippen molar-refractivity contribution < 1.29 is 76.9 Å². The summed E-state index contributed by atoms with van der Waals surface area (Å²) in [4.78, 5) is 168. The van der Waals surface area contributed by atoms with Gasteiger partial charge < -0.3 is 77.8 Å². The van der Waals surface area contributed by atoms with Crippen LogP contribution in [0.2, 0.25) is 0 Å². The molecule has 2 heterocycles. The molecule has 0 saturated carbocycles. The van der Waals surface area contributed by atoms with Crippen molar-refractivity contribution in [2.24, 2.45) is 41.1 Å². The standard InChI is InChI=1S/C72H113N13O16/c1-15-45(8)62(55(99-13)40-59(89)84-37-22-27-54(84)64(100-14)46(9)65(91)76-47(10)63(90)49-23-17-16-18-24-49)82(11)70(96)60(43(4)5)81-69(95)61(44(6)7)83(12)72(98)101-41-48-28-30-50(31-29-48)77-66(92)52(26-21-36-75-71(74)97)79-68(94)53(39-42(2)3)80-67(93)51(25-19-20-35-73)78-56(86)34-38-85-57(87)32-33-58(85)88/h16-18,23-24,28-33,42-47,51-55,60-64,90H,15,19-22,25-27,34-41,73H2,1-14H3,(H,76,91)(H,77,92)(H,78,86)(H,79,94)(H,80,93)(H,81,95)(H3,74,75,97)/t45-,46+,47+,51-,52-,53-,54-,55+,60-,61-,62-,63+,64+/m0/s1. The number of likely N-dealkylation sites (N-methyl/N-ethyl adjacent to an activating group) is 2. The first kappa shape index (κ1) is 84.9. The normalized spacial score (nSPS) is 17.3. The number of unbranched alkanes of at least 4 members (excludes halogenated alkanes) is 1. The fourth-order valence-electron chi connectivity index (χ4n) is 12.8. The molecule has 1 fully saturated rings. The van der Waals surface area contributed by atoms with E-state index in [1.54, 1.807) is 89.9 Å². The van der Waals surface area contributed by atoms with Gasteiger partial charge in [-0.25, -0.2) is 9.59 Å². The van der Waals surface area contributed by atoms with Gasteiger partial charge in [0.2, 0.25) is 47.3 Å². The van der Waals surface area contributed by atoms with Gasteiger partial charge in [-0.3, -0.25) is 57.7 Å². The number of rotatable bonds is 42. The molecule has 0 radical (unpaired) electrons. The van der Waals surface area contributed by atoms with Gasteiger partial charge in [0, 0.05) is 72.2 Å². The van der Waals surface area contributed by atoms with E-state index in [0.717, 1.165) is 22.0 Å². The molecule has 4 rings (SSSR count). The van der Waals surface area contributed by atoms with Crippen LogP contribution in [-0.4, -0.2) is 211 Å². The average molecular weight is 1420 g/mol. The van der Waals surface area contributed by atoms with Crippen molar-refractivity contribution >= 4 is 76.9 Å². The van der Waals surface area contributed by atoms with Crippen molar-refractivity contribution in [2.75, 3.05) is 59.8 Å². The zero-order valence-corrected chi connectivity index (χ0v) is 61.4. The number of hydrogen-bond acceptors (Lipinski definition) is 17. The van der Waals surface area contributed by atoms with E-state index in [9.17, 15) is 62.6 Å². The molecule has 101 heavy (non-hydrogen) atoms. The third kappa shape index (κ3) is 25.8. The first-order valence-electron chi connectivity index (χ1n) is 35.2. The summed E-state index contributed by atoms with van der Waals surface area (Å²) < 4.78 is 17.8. The number of benzene rings is 2. The second-order valence-corrected chi connectivity index (χ2v) is 27.5. The van der Waals surface area contributed by atoms with Crippen molar-refractivity contribution in [1.29, 1.82) is 0 Å². The Morgan fingerprint density at radius 1 is 0.703 bits per heavy atom. The quantitative estimate of drug-likeness (QED) is 0.0333. The number of carbonyl (C=O) groups is 12. The van der Waals surface area contributed by atoms with Crippen LogP contribution in [0.5, 0.6) is 0 Å². The Morgan fingerprint density at radius 3 is 1.89 bits per heavy atom. The Kier molecular flexibility index (Phi) is 35.3. The van der Waals surface area contributed by atoms with Crippen LogP contribution in [0.25, 0.3) is 0 Å². The lowest BCUT2D eigenvalue weighted by atomic mass is 9.89. The number of urea groups is 1. The van der Waals surface area contributed by atoms with Crippen LogP contribution in [0.15, 0.2) is 66.7 Å². The third-order valence-electron chi connectivity index (χ3n) is 18.7. The van der Waals surface area contributed by atoms with Gasteiger partial charge in [0.05, 0.1) is 48.8 Å². The minimum absolute atomic E-state index is 0.0160. The van der Waals surface area contributed by atoms with Crippen molar-refractivity contribution in [3.8, 4) is 0 Å². The summed E-state index contributed by atoms with van der Waals surface area (Å²) >= 11 is 0. The number of ether oxygens (including phenoxy) is 3. The number of nitrogens with one attached hydrogen (secondary N) is 7. The van der Waals surface area contributed by atoms with Crippen molar-refractivity contribution in [1.82, 2.24) is 51.5 Å². The molecule has 13 atom stereocenters. The van der Waals surface area contributed by atoms with E-state index in [2.05, 4.69) is 37.2 Å². The highest BCUT2D eigenvalue weighted by atomic mass is 16.6. The number of anilines is 1. The number of aliphatic hydroxyl groups excluding tert-OH is 1. The molecule has 2 aromatic rings. The first-order chi connectivity index (χ1) is 47.8.